The zero-order valence-corrected chi connectivity index (χ0v) is 15.5. The Morgan fingerprint density at radius 3 is 2.93 bits per heavy atom. The normalized spacial score (nSPS) is 11.0. The lowest BCUT2D eigenvalue weighted by Gasteiger charge is -2.07. The lowest BCUT2D eigenvalue weighted by atomic mass is 10.2. The first-order valence-electron chi connectivity index (χ1n) is 8.28. The van der Waals surface area contributed by atoms with E-state index in [9.17, 15) is 9.59 Å². The van der Waals surface area contributed by atoms with Crippen molar-refractivity contribution in [1.29, 1.82) is 0 Å². The lowest BCUT2D eigenvalue weighted by molar-refractivity contribution is -0.116. The molecular weight excluding hydrogens is 364 g/mol. The van der Waals surface area contributed by atoms with Gasteiger partial charge in [0.2, 0.25) is 5.91 Å². The fourth-order valence-electron chi connectivity index (χ4n) is 2.65. The minimum absolute atomic E-state index is 0.119. The number of carbonyl (C=O) groups is 1. The molecule has 136 valence electrons. The summed E-state index contributed by atoms with van der Waals surface area (Å²) in [7, 11) is 0. The van der Waals surface area contributed by atoms with Gasteiger partial charge in [-0.2, -0.15) is 0 Å². The predicted octanol–water partition coefficient (Wildman–Crippen LogP) is 3.37. The van der Waals surface area contributed by atoms with Crippen LogP contribution in [0.5, 0.6) is 0 Å². The number of hydrogen-bond acceptors (Lipinski definition) is 6. The molecule has 0 aliphatic rings. The van der Waals surface area contributed by atoms with Gasteiger partial charge in [0.25, 0.3) is 5.56 Å². The summed E-state index contributed by atoms with van der Waals surface area (Å²) in [5, 5.41) is 5.97. The van der Waals surface area contributed by atoms with E-state index in [0.717, 1.165) is 11.0 Å². The van der Waals surface area contributed by atoms with Crippen LogP contribution in [0, 0.1) is 13.8 Å². The van der Waals surface area contributed by atoms with Gasteiger partial charge in [-0.15, -0.1) is 11.3 Å². The number of anilines is 1. The molecular formula is C19H16N4O3S. The van der Waals surface area contributed by atoms with Crippen LogP contribution in [0.4, 0.5) is 5.13 Å². The van der Waals surface area contributed by atoms with Crippen molar-refractivity contribution in [1.82, 2.24) is 14.5 Å². The third-order valence-corrected chi connectivity index (χ3v) is 5.02. The van der Waals surface area contributed by atoms with E-state index in [1.807, 2.05) is 35.7 Å². The molecule has 3 heterocycles. The van der Waals surface area contributed by atoms with Gasteiger partial charge in [0.1, 0.15) is 17.8 Å². The van der Waals surface area contributed by atoms with Crippen molar-refractivity contribution in [2.75, 3.05) is 5.32 Å². The number of rotatable bonds is 4. The quantitative estimate of drug-likeness (QED) is 0.586. The Morgan fingerprint density at radius 1 is 1.30 bits per heavy atom. The molecule has 0 unspecified atom stereocenters. The summed E-state index contributed by atoms with van der Waals surface area (Å²) in [5.41, 5.74) is 2.41. The van der Waals surface area contributed by atoms with Crippen LogP contribution in [0.1, 0.15) is 11.3 Å². The molecule has 7 nitrogen and oxygen atoms in total. The summed E-state index contributed by atoms with van der Waals surface area (Å²) in [6.45, 7) is 3.34. The number of benzene rings is 1. The maximum atomic E-state index is 12.3. The Balaban J connectivity index is 1.50. The number of hydrogen-bond donors (Lipinski definition) is 1. The molecule has 27 heavy (non-hydrogen) atoms. The van der Waals surface area contributed by atoms with Gasteiger partial charge in [-0.05, 0) is 26.0 Å². The second-order valence-corrected chi connectivity index (χ2v) is 6.98. The molecule has 1 N–H and O–H groups in total. The number of nitrogens with zero attached hydrogens (tertiary/aromatic N) is 3. The third kappa shape index (κ3) is 3.39. The van der Waals surface area contributed by atoms with Crippen molar-refractivity contribution in [3.8, 4) is 11.5 Å². The van der Waals surface area contributed by atoms with Crippen molar-refractivity contribution in [3.05, 3.63) is 63.7 Å². The maximum Gasteiger partial charge on any atom is 0.256 e. The van der Waals surface area contributed by atoms with Crippen LogP contribution < -0.4 is 10.9 Å². The van der Waals surface area contributed by atoms with Crippen LogP contribution in [0.25, 0.3) is 22.4 Å². The highest BCUT2D eigenvalue weighted by atomic mass is 32.1. The SMILES string of the molecule is Cc1ncn(CC(=O)Nc2nc(-c3cc4ccccc4o3)cs2)c(=O)c1C. The largest absolute Gasteiger partial charge is 0.454 e. The Morgan fingerprint density at radius 2 is 2.11 bits per heavy atom. The minimum atomic E-state index is -0.340. The van der Waals surface area contributed by atoms with Gasteiger partial charge < -0.3 is 9.73 Å². The molecule has 8 heteroatoms. The Hall–Kier alpha value is -3.26. The van der Waals surface area contributed by atoms with Gasteiger partial charge in [-0.25, -0.2) is 9.97 Å². The zero-order valence-electron chi connectivity index (χ0n) is 14.7. The maximum absolute atomic E-state index is 12.3. The molecule has 1 amide bonds. The monoisotopic (exact) mass is 380 g/mol. The number of aryl methyl sites for hydroxylation is 1. The number of aromatic nitrogens is 3. The van der Waals surface area contributed by atoms with Crippen molar-refractivity contribution in [2.45, 2.75) is 20.4 Å². The highest BCUT2D eigenvalue weighted by molar-refractivity contribution is 7.14. The molecule has 3 aromatic heterocycles. The van der Waals surface area contributed by atoms with E-state index >= 15 is 0 Å². The summed E-state index contributed by atoms with van der Waals surface area (Å²) < 4.78 is 7.07. The molecule has 4 aromatic rings. The zero-order chi connectivity index (χ0) is 19.0. The average Bonchev–Trinajstić information content (AvgIpc) is 3.28. The van der Waals surface area contributed by atoms with Crippen LogP contribution in [0.15, 0.2) is 51.3 Å². The summed E-state index contributed by atoms with van der Waals surface area (Å²) in [6, 6.07) is 9.62. The van der Waals surface area contributed by atoms with E-state index in [2.05, 4.69) is 15.3 Å². The first-order chi connectivity index (χ1) is 13.0. The minimum Gasteiger partial charge on any atom is -0.454 e. The number of carbonyl (C=O) groups excluding carboxylic acids is 1. The summed E-state index contributed by atoms with van der Waals surface area (Å²) in [6.07, 6.45) is 1.38. The van der Waals surface area contributed by atoms with Crippen LogP contribution in [0.2, 0.25) is 0 Å². The molecule has 0 radical (unpaired) electrons. The molecule has 0 atom stereocenters. The highest BCUT2D eigenvalue weighted by Gasteiger charge is 2.13. The second kappa shape index (κ2) is 6.81. The fraction of sp³-hybridized carbons (Fsp3) is 0.158. The fourth-order valence-corrected chi connectivity index (χ4v) is 3.37. The average molecular weight is 380 g/mol. The molecule has 0 fully saturated rings. The number of amides is 1. The summed E-state index contributed by atoms with van der Waals surface area (Å²) in [5.74, 6) is 0.301. The van der Waals surface area contributed by atoms with Gasteiger partial charge in [0.05, 0.1) is 6.33 Å². The Bertz CT molecular complexity index is 1170. The molecule has 0 bridgehead atoms. The topological polar surface area (TPSA) is 90.0 Å². The Labute approximate surface area is 158 Å². The molecule has 0 spiro atoms. The van der Waals surface area contributed by atoms with Crippen molar-refractivity contribution in [2.24, 2.45) is 0 Å². The molecule has 0 aliphatic heterocycles. The first-order valence-corrected chi connectivity index (χ1v) is 9.16. The van der Waals surface area contributed by atoms with Crippen molar-refractivity contribution >= 4 is 33.3 Å². The smallest absolute Gasteiger partial charge is 0.256 e. The standard InChI is InChI=1S/C19H16N4O3S/c1-11-12(2)20-10-23(18(11)25)8-17(24)22-19-21-14(9-27-19)16-7-13-5-3-4-6-15(13)26-16/h3-7,9-10H,8H2,1-2H3,(H,21,22,24). The van der Waals surface area contributed by atoms with Gasteiger partial charge in [0.15, 0.2) is 10.9 Å². The van der Waals surface area contributed by atoms with E-state index in [4.69, 9.17) is 4.42 Å². The number of fused-ring (bicyclic) bond motifs is 1. The van der Waals surface area contributed by atoms with Crippen LogP contribution in [0.3, 0.4) is 0 Å². The number of thiazole rings is 1. The predicted molar refractivity (Wildman–Crippen MR) is 104 cm³/mol. The number of furan rings is 1. The molecule has 0 saturated carbocycles. The van der Waals surface area contributed by atoms with Crippen molar-refractivity contribution in [3.63, 3.8) is 0 Å². The van der Waals surface area contributed by atoms with E-state index in [1.54, 1.807) is 13.8 Å². The van der Waals surface area contributed by atoms with Gasteiger partial charge in [-0.3, -0.25) is 14.2 Å². The molecule has 0 aliphatic carbocycles. The van der Waals surface area contributed by atoms with E-state index in [1.165, 1.54) is 22.2 Å². The van der Waals surface area contributed by atoms with Crippen LogP contribution in [-0.4, -0.2) is 20.4 Å². The van der Waals surface area contributed by atoms with E-state index in [-0.39, 0.29) is 18.0 Å². The summed E-state index contributed by atoms with van der Waals surface area (Å²) in [4.78, 5) is 33.0. The van der Waals surface area contributed by atoms with Gasteiger partial charge >= 0.3 is 0 Å². The van der Waals surface area contributed by atoms with Crippen molar-refractivity contribution < 1.29 is 9.21 Å². The Kier molecular flexibility index (Phi) is 4.33. The second-order valence-electron chi connectivity index (χ2n) is 6.12. The van der Waals surface area contributed by atoms with Crippen LogP contribution in [-0.2, 0) is 11.3 Å². The summed E-state index contributed by atoms with van der Waals surface area (Å²) >= 11 is 1.30. The van der Waals surface area contributed by atoms with Gasteiger partial charge in [-0.1, -0.05) is 18.2 Å². The number of nitrogens with one attached hydrogen (secondary N) is 1. The highest BCUT2D eigenvalue weighted by Crippen LogP contribution is 2.30. The molecule has 4 rings (SSSR count). The molecule has 1 aromatic carbocycles. The van der Waals surface area contributed by atoms with E-state index < -0.39 is 0 Å². The van der Waals surface area contributed by atoms with E-state index in [0.29, 0.717) is 27.8 Å². The number of para-hydroxylation sites is 1. The first kappa shape index (κ1) is 17.2. The van der Waals surface area contributed by atoms with Gasteiger partial charge in [0, 0.05) is 22.0 Å². The third-order valence-electron chi connectivity index (χ3n) is 4.26. The molecule has 0 saturated heterocycles. The van der Waals surface area contributed by atoms with Crippen LogP contribution >= 0.6 is 11.3 Å². The lowest BCUT2D eigenvalue weighted by Crippen LogP contribution is -2.29.